The number of nitrogens with zero attached hydrogens (tertiary/aromatic N) is 1. The van der Waals surface area contributed by atoms with Gasteiger partial charge in [-0.25, -0.2) is 4.79 Å². The van der Waals surface area contributed by atoms with E-state index in [0.29, 0.717) is 27.6 Å². The summed E-state index contributed by atoms with van der Waals surface area (Å²) < 4.78 is 10.5. The summed E-state index contributed by atoms with van der Waals surface area (Å²) in [6.45, 7) is 1.92. The first-order chi connectivity index (χ1) is 11.5. The molecule has 0 fully saturated rings. The molecule has 3 aromatic rings. The van der Waals surface area contributed by atoms with Crippen LogP contribution >= 0.6 is 23.2 Å². The van der Waals surface area contributed by atoms with Crippen LogP contribution < -0.4 is 15.9 Å². The van der Waals surface area contributed by atoms with Crippen LogP contribution in [0.2, 0.25) is 10.0 Å². The van der Waals surface area contributed by atoms with Crippen molar-refractivity contribution >= 4 is 34.3 Å². The standard InChI is InChI=1S/C16H12Cl2N2O4/c1-2-9-5-12(21)24-15-13(9)14(22)19-16(20-15)23-7-8-3-10(17)6-11(18)4-8/h3-6H,2,7H2,1H3,(H,19,20,22). The first-order valence-corrected chi connectivity index (χ1v) is 7.86. The maximum absolute atomic E-state index is 12.2. The predicted molar refractivity (Wildman–Crippen MR) is 91.1 cm³/mol. The van der Waals surface area contributed by atoms with E-state index >= 15 is 0 Å². The Morgan fingerprint density at radius 3 is 2.54 bits per heavy atom. The van der Waals surface area contributed by atoms with Gasteiger partial charge < -0.3 is 9.15 Å². The second-order valence-corrected chi connectivity index (χ2v) is 5.93. The average Bonchev–Trinajstić information content (AvgIpc) is 2.50. The van der Waals surface area contributed by atoms with Crippen LogP contribution in [0.3, 0.4) is 0 Å². The molecule has 0 bridgehead atoms. The third-order valence-corrected chi connectivity index (χ3v) is 3.79. The highest BCUT2D eigenvalue weighted by Crippen LogP contribution is 2.20. The SMILES string of the molecule is CCc1cc(=O)oc2nc(OCc3cc(Cl)cc(Cl)c3)[nH]c(=O)c12. The molecule has 0 aliphatic carbocycles. The molecule has 0 saturated heterocycles. The van der Waals surface area contributed by atoms with Crippen molar-refractivity contribution in [2.45, 2.75) is 20.0 Å². The molecule has 0 spiro atoms. The first kappa shape index (κ1) is 16.5. The summed E-state index contributed by atoms with van der Waals surface area (Å²) >= 11 is 11.8. The van der Waals surface area contributed by atoms with E-state index in [1.54, 1.807) is 18.2 Å². The smallest absolute Gasteiger partial charge is 0.337 e. The largest absolute Gasteiger partial charge is 0.460 e. The number of halogens is 2. The zero-order chi connectivity index (χ0) is 17.3. The summed E-state index contributed by atoms with van der Waals surface area (Å²) in [5, 5.41) is 1.19. The number of hydrogen-bond donors (Lipinski definition) is 1. The normalized spacial score (nSPS) is 11.0. The minimum Gasteiger partial charge on any atom is -0.460 e. The van der Waals surface area contributed by atoms with Gasteiger partial charge in [-0.3, -0.25) is 9.78 Å². The van der Waals surface area contributed by atoms with Crippen molar-refractivity contribution in [3.05, 3.63) is 66.2 Å². The summed E-state index contributed by atoms with van der Waals surface area (Å²) in [6, 6.07) is 6.20. The van der Waals surface area contributed by atoms with E-state index in [0.717, 1.165) is 0 Å². The highest BCUT2D eigenvalue weighted by Gasteiger charge is 2.12. The van der Waals surface area contributed by atoms with Crippen molar-refractivity contribution in [1.82, 2.24) is 9.97 Å². The van der Waals surface area contributed by atoms with Crippen molar-refractivity contribution in [2.75, 3.05) is 0 Å². The van der Waals surface area contributed by atoms with Gasteiger partial charge in [-0.2, -0.15) is 4.98 Å². The highest BCUT2D eigenvalue weighted by atomic mass is 35.5. The van der Waals surface area contributed by atoms with E-state index in [-0.39, 0.29) is 23.7 Å². The van der Waals surface area contributed by atoms with Crippen molar-refractivity contribution in [1.29, 1.82) is 0 Å². The molecule has 0 aliphatic rings. The molecule has 1 N–H and O–H groups in total. The van der Waals surface area contributed by atoms with Gasteiger partial charge in [0.25, 0.3) is 11.6 Å². The molecule has 3 rings (SSSR count). The Labute approximate surface area is 146 Å². The third kappa shape index (κ3) is 3.44. The van der Waals surface area contributed by atoms with E-state index < -0.39 is 11.2 Å². The van der Waals surface area contributed by atoms with Crippen LogP contribution in [0.25, 0.3) is 11.1 Å². The topological polar surface area (TPSA) is 85.2 Å². The second-order valence-electron chi connectivity index (χ2n) is 5.06. The van der Waals surface area contributed by atoms with Gasteiger partial charge in [0.15, 0.2) is 0 Å². The number of hydrogen-bond acceptors (Lipinski definition) is 5. The fourth-order valence-electron chi connectivity index (χ4n) is 2.32. The Balaban J connectivity index is 1.96. The molecule has 24 heavy (non-hydrogen) atoms. The number of aromatic amines is 1. The predicted octanol–water partition coefficient (Wildman–Crippen LogP) is 3.32. The molecule has 0 aliphatic heterocycles. The Kier molecular flexibility index (Phi) is 4.59. The minimum atomic E-state index is -0.565. The lowest BCUT2D eigenvalue weighted by molar-refractivity contribution is 0.279. The Morgan fingerprint density at radius 1 is 1.17 bits per heavy atom. The van der Waals surface area contributed by atoms with Gasteiger partial charge in [0.2, 0.25) is 5.71 Å². The highest BCUT2D eigenvalue weighted by molar-refractivity contribution is 6.34. The van der Waals surface area contributed by atoms with Crippen LogP contribution in [-0.4, -0.2) is 9.97 Å². The number of H-pyrrole nitrogens is 1. The second kappa shape index (κ2) is 6.67. The molecule has 8 heteroatoms. The number of fused-ring (bicyclic) bond motifs is 1. The molecule has 0 saturated carbocycles. The van der Waals surface area contributed by atoms with Gasteiger partial charge in [-0.15, -0.1) is 0 Å². The minimum absolute atomic E-state index is 0.0535. The molecule has 0 radical (unpaired) electrons. The number of aryl methyl sites for hydroxylation is 1. The molecule has 2 aromatic heterocycles. The Morgan fingerprint density at radius 2 is 1.88 bits per heavy atom. The Bertz CT molecular complexity index is 1010. The molecule has 124 valence electrons. The molecule has 1 aromatic carbocycles. The lowest BCUT2D eigenvalue weighted by atomic mass is 10.1. The Hall–Kier alpha value is -2.31. The van der Waals surface area contributed by atoms with Gasteiger partial charge in [0.05, 0.1) is 0 Å². The van der Waals surface area contributed by atoms with Crippen LogP contribution in [0.15, 0.2) is 38.3 Å². The van der Waals surface area contributed by atoms with Gasteiger partial charge in [0.1, 0.15) is 12.0 Å². The third-order valence-electron chi connectivity index (χ3n) is 3.35. The summed E-state index contributed by atoms with van der Waals surface area (Å²) in [5.41, 5.74) is 0.231. The lowest BCUT2D eigenvalue weighted by Gasteiger charge is -2.07. The van der Waals surface area contributed by atoms with Crippen LogP contribution in [0.5, 0.6) is 6.01 Å². The van der Waals surface area contributed by atoms with Crippen LogP contribution in [0.1, 0.15) is 18.1 Å². The van der Waals surface area contributed by atoms with Gasteiger partial charge in [-0.05, 0) is 35.7 Å². The molecule has 2 heterocycles. The first-order valence-electron chi connectivity index (χ1n) is 7.11. The lowest BCUT2D eigenvalue weighted by Crippen LogP contribution is -2.15. The number of benzene rings is 1. The van der Waals surface area contributed by atoms with Gasteiger partial charge >= 0.3 is 5.63 Å². The molecule has 6 nitrogen and oxygen atoms in total. The number of nitrogens with one attached hydrogen (secondary N) is 1. The average molecular weight is 367 g/mol. The monoisotopic (exact) mass is 366 g/mol. The van der Waals surface area contributed by atoms with Crippen molar-refractivity contribution in [3.63, 3.8) is 0 Å². The maximum atomic E-state index is 12.2. The van der Waals surface area contributed by atoms with Crippen LogP contribution in [0, 0.1) is 0 Å². The number of ether oxygens (including phenoxy) is 1. The van der Waals surface area contributed by atoms with E-state index in [2.05, 4.69) is 9.97 Å². The van der Waals surface area contributed by atoms with E-state index in [4.69, 9.17) is 32.4 Å². The van der Waals surface area contributed by atoms with E-state index in [1.165, 1.54) is 6.07 Å². The number of aromatic nitrogens is 2. The van der Waals surface area contributed by atoms with Gasteiger partial charge in [-0.1, -0.05) is 30.1 Å². The zero-order valence-corrected chi connectivity index (χ0v) is 14.1. The van der Waals surface area contributed by atoms with Crippen molar-refractivity contribution in [3.8, 4) is 6.01 Å². The summed E-state index contributed by atoms with van der Waals surface area (Å²) in [4.78, 5) is 30.4. The summed E-state index contributed by atoms with van der Waals surface area (Å²) in [6.07, 6.45) is 0.508. The fraction of sp³-hybridized carbons (Fsp3) is 0.188. The van der Waals surface area contributed by atoms with Crippen LogP contribution in [0.4, 0.5) is 0 Å². The number of rotatable bonds is 4. The molecular formula is C16H12Cl2N2O4. The molecule has 0 atom stereocenters. The molecule has 0 unspecified atom stereocenters. The van der Waals surface area contributed by atoms with Crippen molar-refractivity contribution in [2.24, 2.45) is 0 Å². The maximum Gasteiger partial charge on any atom is 0.337 e. The summed E-state index contributed by atoms with van der Waals surface area (Å²) in [5.74, 6) is 0. The molecular weight excluding hydrogens is 355 g/mol. The van der Waals surface area contributed by atoms with Gasteiger partial charge in [0, 0.05) is 16.1 Å². The summed E-state index contributed by atoms with van der Waals surface area (Å²) in [7, 11) is 0. The molecule has 0 amide bonds. The quantitative estimate of drug-likeness (QED) is 0.765. The van der Waals surface area contributed by atoms with E-state index in [1.807, 2.05) is 6.92 Å². The van der Waals surface area contributed by atoms with Crippen LogP contribution in [-0.2, 0) is 13.0 Å². The fourth-order valence-corrected chi connectivity index (χ4v) is 2.89. The van der Waals surface area contributed by atoms with Crippen molar-refractivity contribution < 1.29 is 9.15 Å². The zero-order valence-electron chi connectivity index (χ0n) is 12.6. The van der Waals surface area contributed by atoms with E-state index in [9.17, 15) is 9.59 Å².